The highest BCUT2D eigenvalue weighted by Crippen LogP contribution is 2.84. The van der Waals surface area contributed by atoms with Crippen LogP contribution >= 0.6 is 23.2 Å². The largest absolute Gasteiger partial charge is 0.463 e. The van der Waals surface area contributed by atoms with Crippen LogP contribution in [-0.2, 0) is 23.9 Å². The van der Waals surface area contributed by atoms with Gasteiger partial charge in [-0.15, -0.1) is 0 Å². The van der Waals surface area contributed by atoms with E-state index in [-0.39, 0.29) is 53.3 Å². The first-order valence-corrected chi connectivity index (χ1v) is 12.5. The normalized spacial score (nSPS) is 50.3. The summed E-state index contributed by atoms with van der Waals surface area (Å²) in [6, 6.07) is 0. The Hall–Kier alpha value is -1.11. The molecule has 5 rings (SSSR count). The number of hydrogen-bond donors (Lipinski definition) is 1. The lowest BCUT2D eigenvalue weighted by molar-refractivity contribution is -0.212. The molecule has 0 bridgehead atoms. The van der Waals surface area contributed by atoms with Crippen LogP contribution in [0.3, 0.4) is 0 Å². The third kappa shape index (κ3) is 2.44. The summed E-state index contributed by atoms with van der Waals surface area (Å²) in [6.45, 7) is 5.94. The second kappa shape index (κ2) is 6.96. The second-order valence-corrected chi connectivity index (χ2v) is 11.9. The van der Waals surface area contributed by atoms with Gasteiger partial charge < -0.3 is 14.6 Å². The van der Waals surface area contributed by atoms with Gasteiger partial charge in [0.05, 0.1) is 12.7 Å². The van der Waals surface area contributed by atoms with Gasteiger partial charge in [0.1, 0.15) is 0 Å². The van der Waals surface area contributed by atoms with Gasteiger partial charge in [0, 0.05) is 16.7 Å². The summed E-state index contributed by atoms with van der Waals surface area (Å²) < 4.78 is 11.2. The van der Waals surface area contributed by atoms with Crippen molar-refractivity contribution in [2.24, 2.45) is 39.9 Å². The van der Waals surface area contributed by atoms with Crippen molar-refractivity contribution < 1.29 is 29.0 Å². The predicted molar refractivity (Wildman–Crippen MR) is 117 cm³/mol. The summed E-state index contributed by atoms with van der Waals surface area (Å²) in [7, 11) is 0. The number of aliphatic hydroxyl groups is 1. The Bertz CT molecular complexity index is 918. The minimum absolute atomic E-state index is 0.0317. The maximum Gasteiger partial charge on any atom is 0.351 e. The summed E-state index contributed by atoms with van der Waals surface area (Å²) in [5.74, 6) is -1.21. The van der Waals surface area contributed by atoms with E-state index in [1.807, 2.05) is 6.92 Å². The van der Waals surface area contributed by atoms with Gasteiger partial charge in [0.15, 0.2) is 5.78 Å². The lowest BCUT2D eigenvalue weighted by Crippen LogP contribution is -2.62. The summed E-state index contributed by atoms with van der Waals surface area (Å²) in [4.78, 5) is 36.9. The molecule has 0 saturated heterocycles. The van der Waals surface area contributed by atoms with Crippen molar-refractivity contribution in [2.45, 2.75) is 69.4 Å². The first kappa shape index (κ1) is 22.7. The fraction of sp³-hybridized carbons (Fsp3) is 0.792. The van der Waals surface area contributed by atoms with Crippen LogP contribution in [-0.4, -0.2) is 46.0 Å². The maximum atomic E-state index is 13.3. The molecule has 1 spiro atoms. The van der Waals surface area contributed by atoms with Crippen LogP contribution in [0.1, 0.15) is 52.9 Å². The van der Waals surface area contributed by atoms with Gasteiger partial charge in [-0.2, -0.15) is 0 Å². The van der Waals surface area contributed by atoms with Crippen LogP contribution in [0.2, 0.25) is 0 Å². The zero-order chi connectivity index (χ0) is 23.3. The zero-order valence-electron chi connectivity index (χ0n) is 18.6. The Balaban J connectivity index is 1.53. The van der Waals surface area contributed by atoms with Gasteiger partial charge in [0.25, 0.3) is 0 Å². The third-order valence-electron chi connectivity index (χ3n) is 10.1. The molecule has 32 heavy (non-hydrogen) atoms. The van der Waals surface area contributed by atoms with Crippen molar-refractivity contribution in [3.63, 3.8) is 0 Å². The van der Waals surface area contributed by atoms with Crippen LogP contribution in [0, 0.1) is 39.9 Å². The van der Waals surface area contributed by atoms with Gasteiger partial charge in [-0.25, -0.2) is 9.59 Å². The van der Waals surface area contributed by atoms with E-state index in [2.05, 4.69) is 13.0 Å². The van der Waals surface area contributed by atoms with Gasteiger partial charge in [0.2, 0.25) is 10.4 Å². The Morgan fingerprint density at radius 2 is 1.97 bits per heavy atom. The van der Waals surface area contributed by atoms with E-state index >= 15 is 0 Å². The highest BCUT2D eigenvalue weighted by molar-refractivity contribution is 6.53. The number of ketones is 1. The van der Waals surface area contributed by atoms with E-state index < -0.39 is 33.9 Å². The van der Waals surface area contributed by atoms with Gasteiger partial charge >= 0.3 is 11.9 Å². The minimum atomic E-state index is -1.54. The van der Waals surface area contributed by atoms with Crippen molar-refractivity contribution in [1.82, 2.24) is 0 Å². The van der Waals surface area contributed by atoms with Crippen LogP contribution in [0.5, 0.6) is 0 Å². The fourth-order valence-electron chi connectivity index (χ4n) is 8.90. The van der Waals surface area contributed by atoms with Gasteiger partial charge in [-0.1, -0.05) is 43.1 Å². The molecular formula is C24H30Cl2O6. The maximum absolute atomic E-state index is 13.3. The van der Waals surface area contributed by atoms with Crippen molar-refractivity contribution in [3.05, 3.63) is 12.2 Å². The number of hydrogen-bond acceptors (Lipinski definition) is 6. The quantitative estimate of drug-likeness (QED) is 0.484. The van der Waals surface area contributed by atoms with E-state index in [1.165, 1.54) is 0 Å². The molecule has 5 aliphatic carbocycles. The second-order valence-electron chi connectivity index (χ2n) is 10.8. The standard InChI is InChI=1S/C24H30Cl2O6/c1-4-31-20(30)24(32-19(29)18(25)26)10-6-13-12-5-8-23-9-7-14(27)17(23)22(23,3)16(12)15(28)11-21(13,24)2/h7,9,12-13,15-18,28H,4-6,8,10-11H2,1-3H3/t12-,13-,15-,16+,17-,21-,22-,23+,24-/m0/s1. The molecule has 0 unspecified atom stereocenters. The zero-order valence-corrected chi connectivity index (χ0v) is 20.1. The average Bonchev–Trinajstić information content (AvgIpc) is 2.92. The van der Waals surface area contributed by atoms with Crippen molar-refractivity contribution in [1.29, 1.82) is 0 Å². The van der Waals surface area contributed by atoms with Gasteiger partial charge in [-0.05, 0) is 68.3 Å². The van der Waals surface area contributed by atoms with Gasteiger partial charge in [-0.3, -0.25) is 4.79 Å². The van der Waals surface area contributed by atoms with E-state index in [9.17, 15) is 19.5 Å². The molecule has 0 amide bonds. The molecule has 4 saturated carbocycles. The number of fused-ring (bicyclic) bond motifs is 5. The molecule has 0 aromatic heterocycles. The molecule has 0 aromatic carbocycles. The molecule has 0 aliphatic heterocycles. The number of rotatable bonds is 4. The van der Waals surface area contributed by atoms with E-state index in [1.54, 1.807) is 13.0 Å². The summed E-state index contributed by atoms with van der Waals surface area (Å²) in [6.07, 6.45) is 6.10. The molecule has 5 aliphatic rings. The summed E-state index contributed by atoms with van der Waals surface area (Å²) >= 11 is 11.5. The molecule has 0 radical (unpaired) electrons. The Kier molecular flexibility index (Phi) is 4.93. The molecule has 4 fully saturated rings. The Morgan fingerprint density at radius 1 is 1.25 bits per heavy atom. The molecule has 0 heterocycles. The number of aliphatic hydroxyl groups excluding tert-OH is 1. The number of carbonyl (C=O) groups excluding carboxylic acids is 3. The molecule has 8 heteroatoms. The molecule has 1 N–H and O–H groups in total. The first-order chi connectivity index (χ1) is 15.0. The van der Waals surface area contributed by atoms with E-state index in [0.717, 1.165) is 12.8 Å². The van der Waals surface area contributed by atoms with Crippen molar-refractivity contribution in [2.75, 3.05) is 6.61 Å². The smallest absolute Gasteiger partial charge is 0.351 e. The van der Waals surface area contributed by atoms with Crippen molar-refractivity contribution in [3.8, 4) is 0 Å². The molecular weight excluding hydrogens is 455 g/mol. The minimum Gasteiger partial charge on any atom is -0.463 e. The molecule has 0 aromatic rings. The van der Waals surface area contributed by atoms with Crippen LogP contribution in [0.15, 0.2) is 12.2 Å². The number of carbonyl (C=O) groups is 3. The van der Waals surface area contributed by atoms with Crippen molar-refractivity contribution >= 4 is 40.9 Å². The Morgan fingerprint density at radius 3 is 2.62 bits per heavy atom. The van der Waals surface area contributed by atoms with E-state index in [4.69, 9.17) is 32.7 Å². The molecule has 176 valence electrons. The predicted octanol–water partition coefficient (Wildman–Crippen LogP) is 3.60. The van der Waals surface area contributed by atoms with E-state index in [0.29, 0.717) is 12.8 Å². The summed E-state index contributed by atoms with van der Waals surface area (Å²) in [5.41, 5.74) is -2.74. The number of halogens is 2. The molecule has 6 nitrogen and oxygen atoms in total. The lowest BCUT2D eigenvalue weighted by atomic mass is 9.49. The Labute approximate surface area is 198 Å². The fourth-order valence-corrected chi connectivity index (χ4v) is 8.99. The molecule has 9 atom stereocenters. The lowest BCUT2D eigenvalue weighted by Gasteiger charge is -2.57. The number of alkyl halides is 2. The monoisotopic (exact) mass is 484 g/mol. The highest BCUT2D eigenvalue weighted by Gasteiger charge is 2.84. The number of ether oxygens (including phenoxy) is 2. The number of esters is 2. The topological polar surface area (TPSA) is 89.9 Å². The number of allylic oxidation sites excluding steroid dienone is 2. The third-order valence-corrected chi connectivity index (χ3v) is 10.4. The average molecular weight is 485 g/mol. The van der Waals surface area contributed by atoms with Crippen LogP contribution in [0.25, 0.3) is 0 Å². The SMILES string of the molecule is CCOC(=O)[C@@]1(OC(=O)C(Cl)Cl)CC[C@H]2[C@@H]3CC[C@@]45C=CC(=O)[C@H]4[C@]5(C)[C@H]3[C@@H](O)C[C@@]21C. The summed E-state index contributed by atoms with van der Waals surface area (Å²) in [5, 5.41) is 11.5. The first-order valence-electron chi connectivity index (χ1n) is 11.6. The highest BCUT2D eigenvalue weighted by atomic mass is 35.5. The van der Waals surface area contributed by atoms with Crippen LogP contribution in [0.4, 0.5) is 0 Å². The van der Waals surface area contributed by atoms with Crippen LogP contribution < -0.4 is 0 Å².